The van der Waals surface area contributed by atoms with E-state index in [9.17, 15) is 9.59 Å². The number of anilines is 1. The van der Waals surface area contributed by atoms with E-state index < -0.39 is 6.04 Å². The van der Waals surface area contributed by atoms with Crippen molar-refractivity contribution in [2.75, 3.05) is 31.4 Å². The number of alkyl halides is 1. The Hall–Kier alpha value is -3.38. The van der Waals surface area contributed by atoms with Crippen LogP contribution in [0.25, 0.3) is 10.8 Å². The fourth-order valence-electron chi connectivity index (χ4n) is 3.85. The molecule has 7 heteroatoms. The molecule has 1 amide bonds. The van der Waals surface area contributed by atoms with Crippen molar-refractivity contribution in [2.45, 2.75) is 31.7 Å². The number of nitrogens with one attached hydrogen (secondary N) is 1. The summed E-state index contributed by atoms with van der Waals surface area (Å²) >= 11 is 5.68. The van der Waals surface area contributed by atoms with E-state index in [0.717, 1.165) is 22.0 Å². The molecule has 0 aliphatic rings. The molecule has 0 saturated carbocycles. The number of carbonyl (C=O) groups excluding carboxylic acids is 2. The van der Waals surface area contributed by atoms with Crippen LogP contribution in [0.4, 0.5) is 5.69 Å². The van der Waals surface area contributed by atoms with Crippen molar-refractivity contribution < 1.29 is 9.59 Å². The van der Waals surface area contributed by atoms with Crippen molar-refractivity contribution in [3.63, 3.8) is 0 Å². The average molecular weight is 493 g/mol. The molecule has 3 aromatic rings. The Morgan fingerprint density at radius 1 is 1.03 bits per heavy atom. The Kier molecular flexibility index (Phi) is 9.67. The lowest BCUT2D eigenvalue weighted by atomic mass is 9.99. The Morgan fingerprint density at radius 3 is 2.46 bits per heavy atom. The molecule has 35 heavy (non-hydrogen) atoms. The SMILES string of the molecule is CN(C)c1ccc2cc(C(=O)N[C@@H](CCCN=C(N)CCl)C(=O)CCc3ccccc3)ccc2c1. The molecule has 184 valence electrons. The lowest BCUT2D eigenvalue weighted by Gasteiger charge is -2.18. The molecule has 0 aromatic heterocycles. The van der Waals surface area contributed by atoms with E-state index in [1.807, 2.05) is 73.6 Å². The summed E-state index contributed by atoms with van der Waals surface area (Å²) in [6.45, 7) is 0.459. The highest BCUT2D eigenvalue weighted by molar-refractivity contribution is 6.27. The van der Waals surface area contributed by atoms with Crippen LogP contribution >= 0.6 is 11.6 Å². The van der Waals surface area contributed by atoms with Crippen LogP contribution in [0.1, 0.15) is 35.2 Å². The van der Waals surface area contributed by atoms with Gasteiger partial charge in [0, 0.05) is 38.3 Å². The second kappa shape index (κ2) is 12.9. The third-order valence-electron chi connectivity index (χ3n) is 5.90. The number of ketones is 1. The Labute approximate surface area is 212 Å². The second-order valence-corrected chi connectivity index (χ2v) is 9.03. The maximum absolute atomic E-state index is 13.1. The molecule has 3 aromatic carbocycles. The third-order valence-corrected chi connectivity index (χ3v) is 6.18. The highest BCUT2D eigenvalue weighted by atomic mass is 35.5. The summed E-state index contributed by atoms with van der Waals surface area (Å²) < 4.78 is 0. The summed E-state index contributed by atoms with van der Waals surface area (Å²) in [5.74, 6) is 0.295. The van der Waals surface area contributed by atoms with Gasteiger partial charge in [-0.3, -0.25) is 14.6 Å². The minimum absolute atomic E-state index is 0.00733. The van der Waals surface area contributed by atoms with E-state index in [4.69, 9.17) is 17.3 Å². The average Bonchev–Trinajstić information content (AvgIpc) is 2.88. The summed E-state index contributed by atoms with van der Waals surface area (Å²) in [6, 6.07) is 21.0. The van der Waals surface area contributed by atoms with E-state index >= 15 is 0 Å². The molecule has 6 nitrogen and oxygen atoms in total. The number of hydrogen-bond acceptors (Lipinski definition) is 4. The first-order chi connectivity index (χ1) is 16.9. The minimum Gasteiger partial charge on any atom is -0.386 e. The normalized spacial score (nSPS) is 12.4. The molecule has 3 rings (SSSR count). The molecule has 0 radical (unpaired) electrons. The van der Waals surface area contributed by atoms with Gasteiger partial charge in [-0.05, 0) is 59.9 Å². The smallest absolute Gasteiger partial charge is 0.251 e. The van der Waals surface area contributed by atoms with E-state index in [0.29, 0.717) is 43.6 Å². The van der Waals surface area contributed by atoms with Gasteiger partial charge >= 0.3 is 0 Å². The predicted molar refractivity (Wildman–Crippen MR) is 146 cm³/mol. The third kappa shape index (κ3) is 7.82. The summed E-state index contributed by atoms with van der Waals surface area (Å²) in [5, 5.41) is 4.99. The van der Waals surface area contributed by atoms with Gasteiger partial charge in [0.15, 0.2) is 5.78 Å². The number of benzene rings is 3. The standard InChI is InChI=1S/C28H33ClN4O2/c1-33(2)24-14-13-21-17-23(12-11-22(21)18-24)28(35)32-25(9-6-16-31-27(30)19-29)26(34)15-10-20-7-4-3-5-8-20/h3-5,7-8,11-14,17-18,25H,6,9-10,15-16,19H2,1-2H3,(H2,30,31)(H,32,35)/t25-/m0/s1. The molecule has 0 bridgehead atoms. The summed E-state index contributed by atoms with van der Waals surface area (Å²) in [5.41, 5.74) is 8.38. The molecule has 0 aliphatic carbocycles. The van der Waals surface area contributed by atoms with Crippen molar-refractivity contribution in [3.05, 3.63) is 77.9 Å². The molecule has 0 aliphatic heterocycles. The van der Waals surface area contributed by atoms with Crippen LogP contribution in [0.3, 0.4) is 0 Å². The lowest BCUT2D eigenvalue weighted by Crippen LogP contribution is -2.41. The zero-order valence-corrected chi connectivity index (χ0v) is 21.1. The Balaban J connectivity index is 1.71. The molecular weight excluding hydrogens is 460 g/mol. The summed E-state index contributed by atoms with van der Waals surface area (Å²) in [6.07, 6.45) is 2.09. The van der Waals surface area contributed by atoms with Crippen LogP contribution < -0.4 is 16.0 Å². The molecule has 3 N–H and O–H groups in total. The number of halogens is 1. The van der Waals surface area contributed by atoms with Gasteiger partial charge < -0.3 is 16.0 Å². The van der Waals surface area contributed by atoms with Gasteiger partial charge in [-0.1, -0.05) is 42.5 Å². The number of hydrogen-bond donors (Lipinski definition) is 2. The summed E-state index contributed by atoms with van der Waals surface area (Å²) in [4.78, 5) is 32.4. The number of amidine groups is 1. The van der Waals surface area contributed by atoms with Crippen LogP contribution in [0.5, 0.6) is 0 Å². The Morgan fingerprint density at radius 2 is 1.74 bits per heavy atom. The minimum atomic E-state index is -0.592. The van der Waals surface area contributed by atoms with Crippen molar-refractivity contribution in [1.82, 2.24) is 5.32 Å². The second-order valence-electron chi connectivity index (χ2n) is 8.77. The van der Waals surface area contributed by atoms with Gasteiger partial charge in [-0.25, -0.2) is 0 Å². The maximum Gasteiger partial charge on any atom is 0.251 e. The van der Waals surface area contributed by atoms with Crippen molar-refractivity contribution in [2.24, 2.45) is 10.7 Å². The number of nitrogens with zero attached hydrogens (tertiary/aromatic N) is 2. The number of rotatable bonds is 12. The number of carbonyl (C=O) groups is 2. The first-order valence-corrected chi connectivity index (χ1v) is 12.3. The maximum atomic E-state index is 13.1. The first kappa shape index (κ1) is 26.2. The van der Waals surface area contributed by atoms with Gasteiger partial charge in [-0.15, -0.1) is 11.6 Å². The largest absolute Gasteiger partial charge is 0.386 e. The van der Waals surface area contributed by atoms with Crippen molar-refractivity contribution >= 4 is 45.6 Å². The number of nitrogens with two attached hydrogens (primary N) is 1. The Bertz CT molecular complexity index is 1180. The molecule has 0 heterocycles. The van der Waals surface area contributed by atoms with Crippen LogP contribution in [-0.4, -0.2) is 50.1 Å². The number of aryl methyl sites for hydroxylation is 1. The predicted octanol–water partition coefficient (Wildman–Crippen LogP) is 4.58. The zero-order valence-electron chi connectivity index (χ0n) is 20.3. The van der Waals surface area contributed by atoms with Crippen molar-refractivity contribution in [1.29, 1.82) is 0 Å². The van der Waals surface area contributed by atoms with Crippen LogP contribution in [0.2, 0.25) is 0 Å². The molecule has 1 atom stereocenters. The molecule has 0 spiro atoms. The molecular formula is C28H33ClN4O2. The zero-order chi connectivity index (χ0) is 25.2. The van der Waals surface area contributed by atoms with Gasteiger partial charge in [0.05, 0.1) is 11.9 Å². The lowest BCUT2D eigenvalue weighted by molar-refractivity contribution is -0.121. The molecule has 0 unspecified atom stereocenters. The van der Waals surface area contributed by atoms with Crippen molar-refractivity contribution in [3.8, 4) is 0 Å². The van der Waals surface area contributed by atoms with Crippen LogP contribution in [0, 0.1) is 0 Å². The van der Waals surface area contributed by atoms with Gasteiger partial charge in [0.25, 0.3) is 5.91 Å². The van der Waals surface area contributed by atoms with E-state index in [-0.39, 0.29) is 17.6 Å². The van der Waals surface area contributed by atoms with Gasteiger partial charge in [0.2, 0.25) is 0 Å². The first-order valence-electron chi connectivity index (χ1n) is 11.8. The van der Waals surface area contributed by atoms with Gasteiger partial charge in [-0.2, -0.15) is 0 Å². The number of Topliss-reactive ketones (excluding diaryl/α,β-unsaturated/α-hetero) is 1. The van der Waals surface area contributed by atoms with Crippen LogP contribution in [0.15, 0.2) is 71.7 Å². The fraction of sp³-hybridized carbons (Fsp3) is 0.321. The fourth-order valence-corrected chi connectivity index (χ4v) is 3.94. The molecule has 0 saturated heterocycles. The number of amides is 1. The quantitative estimate of drug-likeness (QED) is 0.168. The monoisotopic (exact) mass is 492 g/mol. The van der Waals surface area contributed by atoms with E-state index in [1.165, 1.54) is 0 Å². The number of fused-ring (bicyclic) bond motifs is 1. The summed E-state index contributed by atoms with van der Waals surface area (Å²) in [7, 11) is 3.99. The molecule has 0 fully saturated rings. The topological polar surface area (TPSA) is 87.8 Å². The van der Waals surface area contributed by atoms with Crippen LogP contribution in [-0.2, 0) is 11.2 Å². The van der Waals surface area contributed by atoms with E-state index in [2.05, 4.69) is 16.4 Å². The van der Waals surface area contributed by atoms with Gasteiger partial charge in [0.1, 0.15) is 5.84 Å². The highest BCUT2D eigenvalue weighted by Gasteiger charge is 2.21. The number of aliphatic imine (C=N–C) groups is 1. The highest BCUT2D eigenvalue weighted by Crippen LogP contribution is 2.22. The van der Waals surface area contributed by atoms with E-state index in [1.54, 1.807) is 6.07 Å².